The molecule has 96 valence electrons. The average molecular weight is 245 g/mol. The minimum atomic E-state index is -0.391. The molecule has 0 saturated heterocycles. The molecule has 0 aromatic heterocycles. The zero-order chi connectivity index (χ0) is 13.2. The zero-order valence-electron chi connectivity index (χ0n) is 11.2. The summed E-state index contributed by atoms with van der Waals surface area (Å²) in [6, 6.07) is 6.08. The molecule has 1 fully saturated rings. The Morgan fingerprint density at radius 1 is 1.39 bits per heavy atom. The molecule has 1 aliphatic carbocycles. The second kappa shape index (κ2) is 4.95. The van der Waals surface area contributed by atoms with Gasteiger partial charge in [-0.3, -0.25) is 0 Å². The Morgan fingerprint density at radius 2 is 2.11 bits per heavy atom. The van der Waals surface area contributed by atoms with Crippen LogP contribution in [-0.4, -0.2) is 12.2 Å². The Labute approximate surface area is 108 Å². The van der Waals surface area contributed by atoms with Crippen LogP contribution in [0, 0.1) is 6.92 Å². The Kier molecular flexibility index (Phi) is 3.53. The summed E-state index contributed by atoms with van der Waals surface area (Å²) in [4.78, 5) is 14.7. The molecule has 0 spiro atoms. The molecule has 1 aromatic rings. The van der Waals surface area contributed by atoms with Gasteiger partial charge in [-0.25, -0.2) is 4.79 Å². The summed E-state index contributed by atoms with van der Waals surface area (Å²) in [5.74, 6) is 0.842. The number of isocyanates is 1. The smallest absolute Gasteiger partial charge is 0.235 e. The van der Waals surface area contributed by atoms with Gasteiger partial charge >= 0.3 is 0 Å². The maximum absolute atomic E-state index is 10.7. The Balaban J connectivity index is 2.46. The molecule has 0 N–H and O–H groups in total. The highest BCUT2D eigenvalue weighted by Gasteiger charge is 2.41. The van der Waals surface area contributed by atoms with Gasteiger partial charge in [-0.05, 0) is 52.2 Å². The van der Waals surface area contributed by atoms with Crippen molar-refractivity contribution >= 4 is 6.08 Å². The molecule has 3 heteroatoms. The largest absolute Gasteiger partial charge is 0.491 e. The zero-order valence-corrected chi connectivity index (χ0v) is 11.2. The monoisotopic (exact) mass is 245 g/mol. The molecule has 2 rings (SSSR count). The van der Waals surface area contributed by atoms with Gasteiger partial charge in [0.25, 0.3) is 0 Å². The second-order valence-corrected chi connectivity index (χ2v) is 5.25. The Hall–Kier alpha value is -1.60. The minimum absolute atomic E-state index is 0.115. The van der Waals surface area contributed by atoms with Crippen LogP contribution < -0.4 is 4.74 Å². The van der Waals surface area contributed by atoms with Crippen LogP contribution in [0.3, 0.4) is 0 Å². The van der Waals surface area contributed by atoms with Crippen molar-refractivity contribution in [1.29, 1.82) is 0 Å². The van der Waals surface area contributed by atoms with Crippen LogP contribution in [0.2, 0.25) is 0 Å². The van der Waals surface area contributed by atoms with Gasteiger partial charge in [0.15, 0.2) is 0 Å². The van der Waals surface area contributed by atoms with Gasteiger partial charge < -0.3 is 4.74 Å². The van der Waals surface area contributed by atoms with Crippen LogP contribution in [0.5, 0.6) is 5.75 Å². The van der Waals surface area contributed by atoms with Crippen LogP contribution in [0.25, 0.3) is 0 Å². The standard InChI is InChI=1S/C15H19NO2/c1-11(2)18-14-6-5-12(3)9-13(14)15(16-10-17)7-4-8-15/h5-6,9,11H,4,7-8H2,1-3H3. The Bertz CT molecular complexity index is 483. The fraction of sp³-hybridized carbons (Fsp3) is 0.533. The number of benzene rings is 1. The average Bonchev–Trinajstić information content (AvgIpc) is 2.26. The van der Waals surface area contributed by atoms with Crippen LogP contribution in [-0.2, 0) is 10.3 Å². The number of rotatable bonds is 4. The molecule has 0 atom stereocenters. The lowest BCUT2D eigenvalue weighted by Gasteiger charge is -2.38. The van der Waals surface area contributed by atoms with E-state index in [1.54, 1.807) is 6.08 Å². The summed E-state index contributed by atoms with van der Waals surface area (Å²) in [6.07, 6.45) is 4.75. The van der Waals surface area contributed by atoms with Gasteiger partial charge in [-0.15, -0.1) is 0 Å². The topological polar surface area (TPSA) is 38.7 Å². The van der Waals surface area contributed by atoms with Crippen LogP contribution >= 0.6 is 0 Å². The summed E-state index contributed by atoms with van der Waals surface area (Å²) < 4.78 is 5.84. The maximum Gasteiger partial charge on any atom is 0.235 e. The van der Waals surface area contributed by atoms with Crippen molar-refractivity contribution in [2.24, 2.45) is 4.99 Å². The van der Waals surface area contributed by atoms with E-state index in [1.807, 2.05) is 32.9 Å². The molecule has 0 aliphatic heterocycles. The van der Waals surface area contributed by atoms with Crippen molar-refractivity contribution in [3.63, 3.8) is 0 Å². The predicted octanol–water partition coefficient (Wildman–Crippen LogP) is 3.50. The number of carbonyl (C=O) groups excluding carboxylic acids is 1. The molecular formula is C15H19NO2. The quantitative estimate of drug-likeness (QED) is 0.601. The first-order chi connectivity index (χ1) is 8.57. The normalized spacial score (nSPS) is 16.9. The molecule has 0 heterocycles. The molecule has 1 aliphatic rings. The molecule has 1 saturated carbocycles. The fourth-order valence-electron chi connectivity index (χ4n) is 2.40. The van der Waals surface area contributed by atoms with E-state index in [-0.39, 0.29) is 6.10 Å². The third-order valence-corrected chi connectivity index (χ3v) is 3.44. The van der Waals surface area contributed by atoms with E-state index in [9.17, 15) is 4.79 Å². The number of aliphatic imine (C=N–C) groups is 1. The lowest BCUT2D eigenvalue weighted by atomic mass is 9.71. The number of hydrogen-bond acceptors (Lipinski definition) is 3. The van der Waals surface area contributed by atoms with Gasteiger partial charge in [0, 0.05) is 5.56 Å². The highest BCUT2D eigenvalue weighted by atomic mass is 16.5. The second-order valence-electron chi connectivity index (χ2n) is 5.25. The summed E-state index contributed by atoms with van der Waals surface area (Å²) in [7, 11) is 0. The van der Waals surface area contributed by atoms with Crippen molar-refractivity contribution in [2.45, 2.75) is 51.7 Å². The van der Waals surface area contributed by atoms with Gasteiger partial charge in [0.1, 0.15) is 11.3 Å². The summed E-state index contributed by atoms with van der Waals surface area (Å²) >= 11 is 0. The number of aryl methyl sites for hydroxylation is 1. The van der Waals surface area contributed by atoms with E-state index < -0.39 is 5.54 Å². The van der Waals surface area contributed by atoms with E-state index in [0.717, 1.165) is 36.1 Å². The molecule has 0 unspecified atom stereocenters. The predicted molar refractivity (Wildman–Crippen MR) is 70.6 cm³/mol. The molecule has 18 heavy (non-hydrogen) atoms. The maximum atomic E-state index is 10.7. The van der Waals surface area contributed by atoms with Crippen molar-refractivity contribution < 1.29 is 9.53 Å². The summed E-state index contributed by atoms with van der Waals surface area (Å²) in [5, 5.41) is 0. The molecule has 0 bridgehead atoms. The number of ether oxygens (including phenoxy) is 1. The van der Waals surface area contributed by atoms with Gasteiger partial charge in [-0.1, -0.05) is 11.6 Å². The summed E-state index contributed by atoms with van der Waals surface area (Å²) in [6.45, 7) is 6.04. The molecular weight excluding hydrogens is 226 g/mol. The lowest BCUT2D eigenvalue weighted by molar-refractivity contribution is 0.211. The molecule has 1 aromatic carbocycles. The third-order valence-electron chi connectivity index (χ3n) is 3.44. The molecule has 0 amide bonds. The highest BCUT2D eigenvalue weighted by Crippen LogP contribution is 2.48. The SMILES string of the molecule is Cc1ccc(OC(C)C)c(C2(N=C=O)CCC2)c1. The van der Waals surface area contributed by atoms with Gasteiger partial charge in [-0.2, -0.15) is 4.99 Å². The summed E-state index contributed by atoms with van der Waals surface area (Å²) in [5.41, 5.74) is 1.80. The number of nitrogens with zero attached hydrogens (tertiary/aromatic N) is 1. The highest BCUT2D eigenvalue weighted by molar-refractivity contribution is 5.47. The first-order valence-electron chi connectivity index (χ1n) is 6.44. The third kappa shape index (κ3) is 2.32. The first-order valence-corrected chi connectivity index (χ1v) is 6.44. The fourth-order valence-corrected chi connectivity index (χ4v) is 2.40. The van der Waals surface area contributed by atoms with Crippen molar-refractivity contribution in [2.75, 3.05) is 0 Å². The van der Waals surface area contributed by atoms with Gasteiger partial charge in [0.2, 0.25) is 6.08 Å². The van der Waals surface area contributed by atoms with Crippen molar-refractivity contribution in [3.05, 3.63) is 29.3 Å². The van der Waals surface area contributed by atoms with Crippen molar-refractivity contribution in [3.8, 4) is 5.75 Å². The van der Waals surface area contributed by atoms with E-state index in [2.05, 4.69) is 11.1 Å². The first kappa shape index (κ1) is 12.8. The Morgan fingerprint density at radius 3 is 2.61 bits per heavy atom. The molecule has 3 nitrogen and oxygen atoms in total. The van der Waals surface area contributed by atoms with Crippen LogP contribution in [0.1, 0.15) is 44.2 Å². The van der Waals surface area contributed by atoms with Crippen LogP contribution in [0.15, 0.2) is 23.2 Å². The van der Waals surface area contributed by atoms with E-state index in [4.69, 9.17) is 4.74 Å². The van der Waals surface area contributed by atoms with Crippen molar-refractivity contribution in [1.82, 2.24) is 0 Å². The lowest BCUT2D eigenvalue weighted by Crippen LogP contribution is -2.32. The van der Waals surface area contributed by atoms with E-state index >= 15 is 0 Å². The minimum Gasteiger partial charge on any atom is -0.491 e. The van der Waals surface area contributed by atoms with Gasteiger partial charge in [0.05, 0.1) is 6.10 Å². The van der Waals surface area contributed by atoms with Crippen LogP contribution in [0.4, 0.5) is 0 Å². The number of hydrogen-bond donors (Lipinski definition) is 0. The molecule has 0 radical (unpaired) electrons. The van der Waals surface area contributed by atoms with E-state index in [0.29, 0.717) is 0 Å². The van der Waals surface area contributed by atoms with E-state index in [1.165, 1.54) is 0 Å².